The van der Waals surface area contributed by atoms with Gasteiger partial charge in [0.2, 0.25) is 0 Å². The normalized spacial score (nSPS) is 26.4. The van der Waals surface area contributed by atoms with E-state index in [4.69, 9.17) is 4.74 Å². The number of hydrogen-bond donors (Lipinski definition) is 1. The zero-order valence-electron chi connectivity index (χ0n) is 9.21. The number of ether oxygens (including phenoxy) is 1. The molecule has 1 aliphatic rings. The van der Waals surface area contributed by atoms with E-state index in [0.29, 0.717) is 13.2 Å². The molecule has 0 aromatic rings. The van der Waals surface area contributed by atoms with Crippen LogP contribution in [-0.4, -0.2) is 25.7 Å². The third kappa shape index (κ3) is 4.09. The molecule has 1 rings (SSSR count). The molecule has 2 atom stereocenters. The van der Waals surface area contributed by atoms with Gasteiger partial charge >= 0.3 is 5.97 Å². The van der Waals surface area contributed by atoms with Crippen molar-refractivity contribution in [2.75, 3.05) is 19.7 Å². The Morgan fingerprint density at radius 2 is 2.29 bits per heavy atom. The van der Waals surface area contributed by atoms with E-state index in [0.717, 1.165) is 18.4 Å². The van der Waals surface area contributed by atoms with E-state index >= 15 is 0 Å². The number of esters is 1. The van der Waals surface area contributed by atoms with Crippen LogP contribution in [0, 0.1) is 11.8 Å². The van der Waals surface area contributed by atoms with Gasteiger partial charge in [0.05, 0.1) is 13.2 Å². The van der Waals surface area contributed by atoms with Crippen LogP contribution < -0.4 is 5.32 Å². The van der Waals surface area contributed by atoms with Gasteiger partial charge < -0.3 is 10.1 Å². The maximum atomic E-state index is 11.0. The fraction of sp³-hybridized carbons (Fsp3) is 0.909. The summed E-state index contributed by atoms with van der Waals surface area (Å²) in [5.74, 6) is 1.49. The van der Waals surface area contributed by atoms with E-state index in [9.17, 15) is 4.79 Å². The van der Waals surface area contributed by atoms with E-state index < -0.39 is 0 Å². The monoisotopic (exact) mass is 199 g/mol. The van der Waals surface area contributed by atoms with Gasteiger partial charge in [0.15, 0.2) is 0 Å². The molecule has 0 aliphatic heterocycles. The molecule has 0 spiro atoms. The van der Waals surface area contributed by atoms with Crippen LogP contribution in [0.25, 0.3) is 0 Å². The highest BCUT2D eigenvalue weighted by Gasteiger charge is 2.20. The molecule has 1 N–H and O–H groups in total. The molecule has 0 heterocycles. The van der Waals surface area contributed by atoms with Crippen molar-refractivity contribution >= 4 is 5.97 Å². The first-order chi connectivity index (χ1) is 6.72. The number of carbonyl (C=O) groups excluding carboxylic acids is 1. The molecule has 3 heteroatoms. The molecule has 0 bridgehead atoms. The smallest absolute Gasteiger partial charge is 0.319 e. The Labute approximate surface area is 86.2 Å². The fourth-order valence-corrected chi connectivity index (χ4v) is 2.10. The van der Waals surface area contributed by atoms with Crippen LogP contribution in [0.3, 0.4) is 0 Å². The van der Waals surface area contributed by atoms with Crippen molar-refractivity contribution in [3.05, 3.63) is 0 Å². The second-order valence-electron chi connectivity index (χ2n) is 4.22. The lowest BCUT2D eigenvalue weighted by molar-refractivity contribution is -0.142. The summed E-state index contributed by atoms with van der Waals surface area (Å²) in [6, 6.07) is 0. The van der Waals surface area contributed by atoms with Crippen LogP contribution in [0.2, 0.25) is 0 Å². The molecule has 0 saturated heterocycles. The Morgan fingerprint density at radius 3 is 2.86 bits per heavy atom. The summed E-state index contributed by atoms with van der Waals surface area (Å²) in [6.45, 7) is 5.92. The van der Waals surface area contributed by atoms with Crippen LogP contribution in [0.15, 0.2) is 0 Å². The molecule has 1 aliphatic carbocycles. The van der Waals surface area contributed by atoms with Crippen molar-refractivity contribution in [3.8, 4) is 0 Å². The highest BCUT2D eigenvalue weighted by atomic mass is 16.5. The van der Waals surface area contributed by atoms with Crippen LogP contribution >= 0.6 is 0 Å². The summed E-state index contributed by atoms with van der Waals surface area (Å²) >= 11 is 0. The Hall–Kier alpha value is -0.570. The summed E-state index contributed by atoms with van der Waals surface area (Å²) in [6.07, 6.45) is 3.94. The summed E-state index contributed by atoms with van der Waals surface area (Å²) in [4.78, 5) is 11.0. The molecule has 2 unspecified atom stereocenters. The Balaban J connectivity index is 2.01. The zero-order chi connectivity index (χ0) is 10.4. The van der Waals surface area contributed by atoms with Crippen LogP contribution in [0.4, 0.5) is 0 Å². The molecular weight excluding hydrogens is 178 g/mol. The van der Waals surface area contributed by atoms with E-state index in [1.165, 1.54) is 19.3 Å². The minimum atomic E-state index is -0.140. The topological polar surface area (TPSA) is 38.3 Å². The molecule has 1 fully saturated rings. The third-order valence-corrected chi connectivity index (χ3v) is 2.81. The maximum Gasteiger partial charge on any atom is 0.319 e. The average Bonchev–Trinajstić information content (AvgIpc) is 2.52. The van der Waals surface area contributed by atoms with Gasteiger partial charge in [0.1, 0.15) is 0 Å². The van der Waals surface area contributed by atoms with Crippen molar-refractivity contribution in [2.45, 2.75) is 33.1 Å². The first kappa shape index (κ1) is 11.5. The molecule has 0 amide bonds. The van der Waals surface area contributed by atoms with E-state index in [1.807, 2.05) is 6.92 Å². The Bertz CT molecular complexity index is 182. The first-order valence-corrected chi connectivity index (χ1v) is 5.58. The van der Waals surface area contributed by atoms with Gasteiger partial charge in [-0.15, -0.1) is 0 Å². The second kappa shape index (κ2) is 6.02. The molecule has 14 heavy (non-hydrogen) atoms. The van der Waals surface area contributed by atoms with E-state index in [1.54, 1.807) is 0 Å². The first-order valence-electron chi connectivity index (χ1n) is 5.58. The van der Waals surface area contributed by atoms with Gasteiger partial charge in [-0.1, -0.05) is 13.3 Å². The van der Waals surface area contributed by atoms with Crippen LogP contribution in [-0.2, 0) is 9.53 Å². The minimum Gasteiger partial charge on any atom is -0.465 e. The number of hydrogen-bond acceptors (Lipinski definition) is 3. The SMILES string of the molecule is CCOC(=O)CNCC1CCC(C)C1. The third-order valence-electron chi connectivity index (χ3n) is 2.81. The van der Waals surface area contributed by atoms with E-state index in [-0.39, 0.29) is 5.97 Å². The maximum absolute atomic E-state index is 11.0. The molecule has 3 nitrogen and oxygen atoms in total. The lowest BCUT2D eigenvalue weighted by Crippen LogP contribution is -2.28. The van der Waals surface area contributed by atoms with Crippen molar-refractivity contribution in [1.82, 2.24) is 5.32 Å². The Kier molecular flexibility index (Phi) is 4.94. The summed E-state index contributed by atoms with van der Waals surface area (Å²) in [7, 11) is 0. The van der Waals surface area contributed by atoms with Gasteiger partial charge in [0, 0.05) is 0 Å². The van der Waals surface area contributed by atoms with Gasteiger partial charge in [-0.25, -0.2) is 0 Å². The lowest BCUT2D eigenvalue weighted by atomic mass is 10.1. The predicted molar refractivity (Wildman–Crippen MR) is 56.0 cm³/mol. The van der Waals surface area contributed by atoms with Crippen molar-refractivity contribution in [1.29, 1.82) is 0 Å². The van der Waals surface area contributed by atoms with Gasteiger partial charge in [0.25, 0.3) is 0 Å². The van der Waals surface area contributed by atoms with Crippen molar-refractivity contribution < 1.29 is 9.53 Å². The Morgan fingerprint density at radius 1 is 1.50 bits per heavy atom. The largest absolute Gasteiger partial charge is 0.465 e. The summed E-state index contributed by atoms with van der Waals surface area (Å²) in [5, 5.41) is 3.16. The standard InChI is InChI=1S/C11H21NO2/c1-3-14-11(13)8-12-7-10-5-4-9(2)6-10/h9-10,12H,3-8H2,1-2H3. The fourth-order valence-electron chi connectivity index (χ4n) is 2.10. The number of rotatable bonds is 5. The predicted octanol–water partition coefficient (Wildman–Crippen LogP) is 1.58. The van der Waals surface area contributed by atoms with E-state index in [2.05, 4.69) is 12.2 Å². The van der Waals surface area contributed by atoms with Crippen LogP contribution in [0.1, 0.15) is 33.1 Å². The van der Waals surface area contributed by atoms with Crippen LogP contribution in [0.5, 0.6) is 0 Å². The molecule has 0 radical (unpaired) electrons. The number of carbonyl (C=O) groups is 1. The van der Waals surface area contributed by atoms with Gasteiger partial charge in [-0.3, -0.25) is 4.79 Å². The minimum absolute atomic E-state index is 0.140. The molecule has 1 saturated carbocycles. The van der Waals surface area contributed by atoms with Crippen molar-refractivity contribution in [3.63, 3.8) is 0 Å². The molecule has 0 aromatic carbocycles. The molecule has 0 aromatic heterocycles. The lowest BCUT2D eigenvalue weighted by Gasteiger charge is -2.10. The highest BCUT2D eigenvalue weighted by Crippen LogP contribution is 2.29. The summed E-state index contributed by atoms with van der Waals surface area (Å²) in [5.41, 5.74) is 0. The number of nitrogens with one attached hydrogen (secondary N) is 1. The van der Waals surface area contributed by atoms with Gasteiger partial charge in [-0.05, 0) is 38.1 Å². The summed E-state index contributed by atoms with van der Waals surface area (Å²) < 4.78 is 4.83. The van der Waals surface area contributed by atoms with Crippen molar-refractivity contribution in [2.24, 2.45) is 11.8 Å². The van der Waals surface area contributed by atoms with Gasteiger partial charge in [-0.2, -0.15) is 0 Å². The second-order valence-corrected chi connectivity index (χ2v) is 4.22. The molecular formula is C11H21NO2. The molecule has 82 valence electrons. The average molecular weight is 199 g/mol. The quantitative estimate of drug-likeness (QED) is 0.683. The highest BCUT2D eigenvalue weighted by molar-refractivity contribution is 5.71. The zero-order valence-corrected chi connectivity index (χ0v) is 9.21.